The van der Waals surface area contributed by atoms with Gasteiger partial charge in [-0.3, -0.25) is 14.9 Å². The minimum Gasteiger partial charge on any atom is -0.487 e. The Balaban J connectivity index is 2.79. The number of nitro benzene ring substituents is 1. The molecule has 0 radical (unpaired) electrons. The van der Waals surface area contributed by atoms with Gasteiger partial charge in [0.15, 0.2) is 5.75 Å². The number of nitrogens with zero attached hydrogens (tertiary/aromatic N) is 1. The number of hydrogen-bond acceptors (Lipinski definition) is 5. The molecule has 21 heavy (non-hydrogen) atoms. The molecule has 1 aromatic carbocycles. The lowest BCUT2D eigenvalue weighted by Crippen LogP contribution is -2.50. The third-order valence-electron chi connectivity index (χ3n) is 3.28. The topological polar surface area (TPSA) is 102 Å². The van der Waals surface area contributed by atoms with Crippen molar-refractivity contribution in [2.24, 2.45) is 0 Å². The number of likely N-dealkylation sites (N-methyl/N-ethyl adjacent to an activating group) is 1. The zero-order valence-corrected chi connectivity index (χ0v) is 12.4. The highest BCUT2D eigenvalue weighted by Crippen LogP contribution is 2.30. The summed E-state index contributed by atoms with van der Waals surface area (Å²) in [6.07, 6.45) is 0.196. The zero-order valence-electron chi connectivity index (χ0n) is 12.4. The van der Waals surface area contributed by atoms with E-state index in [1.807, 2.05) is 6.92 Å². The van der Waals surface area contributed by atoms with Gasteiger partial charge >= 0.3 is 11.7 Å². The Morgan fingerprint density at radius 1 is 1.52 bits per heavy atom. The number of nitrogens with one attached hydrogen (secondary N) is 1. The fraction of sp³-hybridized carbons (Fsp3) is 0.500. The van der Waals surface area contributed by atoms with Crippen molar-refractivity contribution in [1.82, 2.24) is 5.32 Å². The summed E-state index contributed by atoms with van der Waals surface area (Å²) in [5.41, 5.74) is -0.698. The Hall–Kier alpha value is -2.15. The number of carbonyl (C=O) groups is 1. The summed E-state index contributed by atoms with van der Waals surface area (Å²) in [6.45, 7) is 5.58. The number of benzene rings is 1. The molecule has 1 unspecified atom stereocenters. The van der Waals surface area contributed by atoms with Crippen LogP contribution in [0.25, 0.3) is 0 Å². The minimum absolute atomic E-state index is 0.0695. The lowest BCUT2D eigenvalue weighted by Gasteiger charge is -2.25. The number of carboxylic acid groups (broad SMARTS) is 1. The summed E-state index contributed by atoms with van der Waals surface area (Å²) in [5.74, 6) is -0.823. The predicted molar refractivity (Wildman–Crippen MR) is 77.7 cm³/mol. The third-order valence-corrected chi connectivity index (χ3v) is 3.28. The number of hydrogen-bond donors (Lipinski definition) is 2. The van der Waals surface area contributed by atoms with E-state index in [1.54, 1.807) is 26.0 Å². The van der Waals surface area contributed by atoms with Gasteiger partial charge in [0, 0.05) is 12.0 Å². The first-order valence-corrected chi connectivity index (χ1v) is 6.67. The summed E-state index contributed by atoms with van der Waals surface area (Å²) < 4.78 is 5.43. The highest BCUT2D eigenvalue weighted by atomic mass is 16.6. The van der Waals surface area contributed by atoms with Crippen molar-refractivity contribution in [3.05, 3.63) is 33.9 Å². The van der Waals surface area contributed by atoms with Crippen LogP contribution in [-0.4, -0.2) is 34.7 Å². The predicted octanol–water partition coefficient (Wildman–Crippen LogP) is 2.12. The van der Waals surface area contributed by atoms with E-state index in [4.69, 9.17) is 4.74 Å². The van der Waals surface area contributed by atoms with Crippen LogP contribution in [0.15, 0.2) is 18.2 Å². The first-order chi connectivity index (χ1) is 9.81. The molecular weight excluding hydrogens is 276 g/mol. The minimum atomic E-state index is -1.12. The second kappa shape index (κ2) is 7.03. The number of aliphatic carboxylic acids is 1. The average Bonchev–Trinajstić information content (AvgIpc) is 2.38. The molecule has 116 valence electrons. The van der Waals surface area contributed by atoms with Crippen molar-refractivity contribution in [2.75, 3.05) is 13.2 Å². The maximum absolute atomic E-state index is 11.3. The van der Waals surface area contributed by atoms with E-state index in [0.29, 0.717) is 12.1 Å². The fourth-order valence-corrected chi connectivity index (χ4v) is 2.01. The van der Waals surface area contributed by atoms with Crippen LogP contribution < -0.4 is 10.1 Å². The van der Waals surface area contributed by atoms with Crippen molar-refractivity contribution in [3.8, 4) is 5.75 Å². The number of nitro groups is 1. The van der Waals surface area contributed by atoms with E-state index in [1.165, 1.54) is 6.07 Å². The van der Waals surface area contributed by atoms with Gasteiger partial charge in [-0.2, -0.15) is 0 Å². The summed E-state index contributed by atoms with van der Waals surface area (Å²) in [5, 5.41) is 23.1. The first-order valence-electron chi connectivity index (χ1n) is 6.67. The highest BCUT2D eigenvalue weighted by molar-refractivity contribution is 5.78. The van der Waals surface area contributed by atoms with Gasteiger partial charge in [0.05, 0.1) is 11.5 Å². The van der Waals surface area contributed by atoms with E-state index in [9.17, 15) is 20.0 Å². The zero-order chi connectivity index (χ0) is 16.0. The molecule has 0 aliphatic rings. The molecule has 0 bridgehead atoms. The molecule has 0 saturated carbocycles. The lowest BCUT2D eigenvalue weighted by atomic mass is 9.98. The monoisotopic (exact) mass is 296 g/mol. The number of carboxylic acids is 1. The van der Waals surface area contributed by atoms with Crippen LogP contribution in [0.1, 0.15) is 25.8 Å². The Labute approximate surface area is 123 Å². The van der Waals surface area contributed by atoms with E-state index in [0.717, 1.165) is 0 Å². The van der Waals surface area contributed by atoms with Crippen molar-refractivity contribution < 1.29 is 19.6 Å². The van der Waals surface area contributed by atoms with Crippen LogP contribution in [0.3, 0.4) is 0 Å². The Kier molecular flexibility index (Phi) is 5.66. The maximum atomic E-state index is 11.3. The molecular formula is C14H20N2O5. The molecule has 2 N–H and O–H groups in total. The fourth-order valence-electron chi connectivity index (χ4n) is 2.01. The molecule has 0 amide bonds. The number of ether oxygens (including phenoxy) is 1. The quantitative estimate of drug-likeness (QED) is 0.563. The smallest absolute Gasteiger partial charge is 0.323 e. The highest BCUT2D eigenvalue weighted by Gasteiger charge is 2.32. The molecule has 0 aliphatic heterocycles. The van der Waals surface area contributed by atoms with E-state index in [-0.39, 0.29) is 24.5 Å². The SMILES string of the molecule is CCNC(C)(CCOc1cccc(C)c1[N+](=O)[O-])C(=O)O. The maximum Gasteiger partial charge on any atom is 0.323 e. The van der Waals surface area contributed by atoms with Crippen LogP contribution in [0.4, 0.5) is 5.69 Å². The van der Waals surface area contributed by atoms with E-state index < -0.39 is 16.4 Å². The number of rotatable bonds is 8. The Morgan fingerprint density at radius 2 is 2.19 bits per heavy atom. The van der Waals surface area contributed by atoms with Gasteiger partial charge in [0.25, 0.3) is 0 Å². The van der Waals surface area contributed by atoms with Crippen molar-refractivity contribution in [3.63, 3.8) is 0 Å². The van der Waals surface area contributed by atoms with E-state index >= 15 is 0 Å². The van der Waals surface area contributed by atoms with Gasteiger partial charge in [0.2, 0.25) is 0 Å². The third kappa shape index (κ3) is 4.16. The molecule has 0 aliphatic carbocycles. The Morgan fingerprint density at radius 3 is 2.71 bits per heavy atom. The molecule has 1 atom stereocenters. The van der Waals surface area contributed by atoms with Gasteiger partial charge in [-0.1, -0.05) is 19.1 Å². The van der Waals surface area contributed by atoms with Crippen LogP contribution in [0.5, 0.6) is 5.75 Å². The van der Waals surface area contributed by atoms with Crippen molar-refractivity contribution in [2.45, 2.75) is 32.7 Å². The standard InChI is InChI=1S/C14H20N2O5/c1-4-15-14(3,13(17)18)8-9-21-11-7-5-6-10(2)12(11)16(19)20/h5-7,15H,4,8-9H2,1-3H3,(H,17,18). The summed E-state index contributed by atoms with van der Waals surface area (Å²) in [4.78, 5) is 21.8. The molecule has 0 aromatic heterocycles. The van der Waals surface area contributed by atoms with Gasteiger partial charge in [-0.25, -0.2) is 0 Å². The van der Waals surface area contributed by atoms with Crippen molar-refractivity contribution in [1.29, 1.82) is 0 Å². The second-order valence-electron chi connectivity index (χ2n) is 4.94. The molecule has 1 rings (SSSR count). The van der Waals surface area contributed by atoms with Crippen LogP contribution in [0, 0.1) is 17.0 Å². The Bertz CT molecular complexity index is 532. The van der Waals surface area contributed by atoms with Crippen LogP contribution in [-0.2, 0) is 4.79 Å². The molecule has 1 aromatic rings. The molecule has 0 fully saturated rings. The largest absolute Gasteiger partial charge is 0.487 e. The lowest BCUT2D eigenvalue weighted by molar-refractivity contribution is -0.386. The van der Waals surface area contributed by atoms with Gasteiger partial charge in [-0.05, 0) is 26.5 Å². The average molecular weight is 296 g/mol. The summed E-state index contributed by atoms with van der Waals surface area (Å²) in [6, 6.07) is 4.81. The van der Waals surface area contributed by atoms with Crippen molar-refractivity contribution >= 4 is 11.7 Å². The first kappa shape index (κ1) is 16.9. The summed E-state index contributed by atoms with van der Waals surface area (Å²) >= 11 is 0. The molecule has 0 heterocycles. The number of aryl methyl sites for hydroxylation is 1. The van der Waals surface area contributed by atoms with Crippen LogP contribution in [0.2, 0.25) is 0 Å². The van der Waals surface area contributed by atoms with Gasteiger partial charge < -0.3 is 15.2 Å². The molecule has 7 heteroatoms. The van der Waals surface area contributed by atoms with Crippen LogP contribution >= 0.6 is 0 Å². The normalized spacial score (nSPS) is 13.5. The molecule has 7 nitrogen and oxygen atoms in total. The summed E-state index contributed by atoms with van der Waals surface area (Å²) in [7, 11) is 0. The molecule has 0 saturated heterocycles. The second-order valence-corrected chi connectivity index (χ2v) is 4.94. The number of para-hydroxylation sites is 1. The molecule has 0 spiro atoms. The van der Waals surface area contributed by atoms with Gasteiger partial charge in [-0.15, -0.1) is 0 Å². The van der Waals surface area contributed by atoms with Gasteiger partial charge in [0.1, 0.15) is 5.54 Å². The van der Waals surface area contributed by atoms with E-state index in [2.05, 4.69) is 5.32 Å².